The molecule has 2 heterocycles. The number of nitrogens with zero attached hydrogens (tertiary/aromatic N) is 4. The van der Waals surface area contributed by atoms with E-state index in [1.54, 1.807) is 11.9 Å². The fourth-order valence-electron chi connectivity index (χ4n) is 3.16. The Morgan fingerprint density at radius 1 is 1.24 bits per heavy atom. The summed E-state index contributed by atoms with van der Waals surface area (Å²) in [6.07, 6.45) is 3.45. The van der Waals surface area contributed by atoms with Crippen LogP contribution in [0.1, 0.15) is 25.5 Å². The summed E-state index contributed by atoms with van der Waals surface area (Å²) in [5.74, 6) is 0.740. The number of piperidine rings is 1. The highest BCUT2D eigenvalue weighted by Gasteiger charge is 2.24. The van der Waals surface area contributed by atoms with E-state index in [2.05, 4.69) is 20.7 Å². The average Bonchev–Trinajstić information content (AvgIpc) is 3.21. The monoisotopic (exact) mass is 512 g/mol. The van der Waals surface area contributed by atoms with Crippen molar-refractivity contribution in [3.05, 3.63) is 48.3 Å². The molecule has 1 fully saturated rings. The van der Waals surface area contributed by atoms with Crippen molar-refractivity contribution in [1.82, 2.24) is 25.3 Å². The minimum atomic E-state index is -0.225. The van der Waals surface area contributed by atoms with Gasteiger partial charge in [0.2, 0.25) is 0 Å². The lowest BCUT2D eigenvalue weighted by Gasteiger charge is -2.32. The second-order valence-corrected chi connectivity index (χ2v) is 6.62. The molecule has 3 rings (SSSR count). The summed E-state index contributed by atoms with van der Waals surface area (Å²) in [4.78, 5) is 17.8. The van der Waals surface area contributed by atoms with Crippen molar-refractivity contribution in [2.75, 3.05) is 26.7 Å². The van der Waals surface area contributed by atoms with Gasteiger partial charge in [-0.15, -0.1) is 24.0 Å². The second-order valence-electron chi connectivity index (χ2n) is 6.62. The van der Waals surface area contributed by atoms with Crippen LogP contribution in [-0.2, 0) is 11.3 Å². The van der Waals surface area contributed by atoms with Crippen LogP contribution in [0.15, 0.2) is 47.6 Å². The number of nitrogens with one attached hydrogen (secondary N) is 2. The number of carbonyl (C=O) groups is 1. The van der Waals surface area contributed by atoms with Crippen molar-refractivity contribution < 1.29 is 9.53 Å². The molecule has 8 nitrogen and oxygen atoms in total. The van der Waals surface area contributed by atoms with Crippen molar-refractivity contribution in [3.8, 4) is 5.69 Å². The highest BCUT2D eigenvalue weighted by atomic mass is 127. The fourth-order valence-corrected chi connectivity index (χ4v) is 3.16. The van der Waals surface area contributed by atoms with E-state index in [0.29, 0.717) is 26.2 Å². The molecule has 0 bridgehead atoms. The van der Waals surface area contributed by atoms with Gasteiger partial charge in [-0.3, -0.25) is 4.99 Å². The Labute approximate surface area is 188 Å². The maximum atomic E-state index is 11.8. The molecule has 1 aromatic heterocycles. The second kappa shape index (κ2) is 11.6. The predicted octanol–water partition coefficient (Wildman–Crippen LogP) is 2.78. The maximum Gasteiger partial charge on any atom is 0.409 e. The van der Waals surface area contributed by atoms with Gasteiger partial charge in [0.05, 0.1) is 24.5 Å². The summed E-state index contributed by atoms with van der Waals surface area (Å²) in [6.45, 7) is 4.20. The van der Waals surface area contributed by atoms with Crippen LogP contribution in [0.4, 0.5) is 4.79 Å². The Kier molecular flexibility index (Phi) is 9.23. The number of benzene rings is 1. The lowest BCUT2D eigenvalue weighted by atomic mass is 10.1. The molecule has 0 aliphatic carbocycles. The molecule has 1 saturated heterocycles. The van der Waals surface area contributed by atoms with Gasteiger partial charge in [-0.1, -0.05) is 18.2 Å². The minimum absolute atomic E-state index is 0. The van der Waals surface area contributed by atoms with E-state index < -0.39 is 0 Å². The Balaban J connectivity index is 0.00000300. The highest BCUT2D eigenvalue weighted by Crippen LogP contribution is 2.11. The third-order valence-electron chi connectivity index (χ3n) is 4.69. The number of hydrogen-bond donors (Lipinski definition) is 2. The van der Waals surface area contributed by atoms with Crippen LogP contribution in [0.25, 0.3) is 5.69 Å². The molecule has 0 unspecified atom stereocenters. The van der Waals surface area contributed by atoms with Crippen LogP contribution in [0.2, 0.25) is 0 Å². The standard InChI is InChI=1S/C20H28N6O2.HI/c1-3-28-20(27)25-12-9-16(10-13-25)23-19(21-2)22-15-17-11-14-26(24-17)18-7-5-4-6-8-18;/h4-8,11,14,16H,3,9-10,12-13,15H2,1-2H3,(H2,21,22,23);1H. The molecule has 2 aromatic rings. The van der Waals surface area contributed by atoms with E-state index >= 15 is 0 Å². The molecule has 158 valence electrons. The van der Waals surface area contributed by atoms with E-state index in [4.69, 9.17) is 4.74 Å². The number of aliphatic imine (C=N–C) groups is 1. The Morgan fingerprint density at radius 3 is 2.62 bits per heavy atom. The molecule has 1 amide bonds. The smallest absolute Gasteiger partial charge is 0.409 e. The number of guanidine groups is 1. The number of ether oxygens (including phenoxy) is 1. The normalized spacial score (nSPS) is 14.8. The van der Waals surface area contributed by atoms with Crippen molar-refractivity contribution in [2.45, 2.75) is 32.4 Å². The minimum Gasteiger partial charge on any atom is -0.450 e. The van der Waals surface area contributed by atoms with Crippen molar-refractivity contribution in [1.29, 1.82) is 0 Å². The number of likely N-dealkylation sites (tertiary alicyclic amines) is 1. The number of para-hydroxylation sites is 1. The van der Waals surface area contributed by atoms with Crippen LogP contribution in [0, 0.1) is 0 Å². The molecular weight excluding hydrogens is 483 g/mol. The van der Waals surface area contributed by atoms with Crippen molar-refractivity contribution in [2.24, 2.45) is 4.99 Å². The molecule has 0 radical (unpaired) electrons. The molecule has 29 heavy (non-hydrogen) atoms. The van der Waals surface area contributed by atoms with Crippen molar-refractivity contribution >= 4 is 36.0 Å². The van der Waals surface area contributed by atoms with Gasteiger partial charge in [0.1, 0.15) is 0 Å². The van der Waals surface area contributed by atoms with Gasteiger partial charge in [-0.25, -0.2) is 9.48 Å². The summed E-state index contributed by atoms with van der Waals surface area (Å²) in [5.41, 5.74) is 1.97. The lowest BCUT2D eigenvalue weighted by molar-refractivity contribution is 0.0963. The zero-order valence-electron chi connectivity index (χ0n) is 16.9. The summed E-state index contributed by atoms with van der Waals surface area (Å²) in [6, 6.07) is 12.3. The summed E-state index contributed by atoms with van der Waals surface area (Å²) in [7, 11) is 1.76. The van der Waals surface area contributed by atoms with E-state index in [1.807, 2.05) is 54.2 Å². The number of carbonyl (C=O) groups excluding carboxylic acids is 1. The molecule has 1 aliphatic heterocycles. The fraction of sp³-hybridized carbons (Fsp3) is 0.450. The lowest BCUT2D eigenvalue weighted by Crippen LogP contribution is -2.49. The van der Waals surface area contributed by atoms with Crippen LogP contribution in [0.3, 0.4) is 0 Å². The molecule has 1 aliphatic rings. The van der Waals surface area contributed by atoms with E-state index in [0.717, 1.165) is 30.2 Å². The van der Waals surface area contributed by atoms with Gasteiger partial charge in [0, 0.05) is 32.4 Å². The molecular formula is C20H29IN6O2. The Bertz CT molecular complexity index is 787. The highest BCUT2D eigenvalue weighted by molar-refractivity contribution is 14.0. The summed E-state index contributed by atoms with van der Waals surface area (Å²) >= 11 is 0. The third kappa shape index (κ3) is 6.62. The van der Waals surface area contributed by atoms with Crippen LogP contribution in [-0.4, -0.2) is 59.5 Å². The SMILES string of the molecule is CCOC(=O)N1CCC(NC(=NC)NCc2ccn(-c3ccccc3)n2)CC1.I. The van der Waals surface area contributed by atoms with Gasteiger partial charge >= 0.3 is 6.09 Å². The average molecular weight is 512 g/mol. The zero-order chi connectivity index (χ0) is 19.8. The van der Waals surface area contributed by atoms with E-state index in [1.165, 1.54) is 0 Å². The van der Waals surface area contributed by atoms with Gasteiger partial charge in [0.25, 0.3) is 0 Å². The quantitative estimate of drug-likeness (QED) is 0.366. The summed E-state index contributed by atoms with van der Waals surface area (Å²) < 4.78 is 6.92. The zero-order valence-corrected chi connectivity index (χ0v) is 19.2. The number of hydrogen-bond acceptors (Lipinski definition) is 4. The number of halogens is 1. The van der Waals surface area contributed by atoms with Gasteiger partial charge in [-0.2, -0.15) is 5.10 Å². The Morgan fingerprint density at radius 2 is 1.97 bits per heavy atom. The molecule has 0 saturated carbocycles. The van der Waals surface area contributed by atoms with E-state index in [9.17, 15) is 4.79 Å². The predicted molar refractivity (Wildman–Crippen MR) is 124 cm³/mol. The summed E-state index contributed by atoms with van der Waals surface area (Å²) in [5, 5.41) is 11.3. The Hall–Kier alpha value is -2.30. The number of amides is 1. The number of aromatic nitrogens is 2. The van der Waals surface area contributed by atoms with Crippen LogP contribution in [0.5, 0.6) is 0 Å². The van der Waals surface area contributed by atoms with Crippen molar-refractivity contribution in [3.63, 3.8) is 0 Å². The third-order valence-corrected chi connectivity index (χ3v) is 4.69. The first-order chi connectivity index (χ1) is 13.7. The molecule has 1 aromatic carbocycles. The molecule has 2 N–H and O–H groups in total. The first-order valence-electron chi connectivity index (χ1n) is 9.68. The van der Waals surface area contributed by atoms with Crippen LogP contribution >= 0.6 is 24.0 Å². The van der Waals surface area contributed by atoms with Gasteiger partial charge < -0.3 is 20.3 Å². The first-order valence-corrected chi connectivity index (χ1v) is 9.68. The molecule has 0 spiro atoms. The molecule has 9 heteroatoms. The first kappa shape index (κ1) is 23.0. The van der Waals surface area contributed by atoms with E-state index in [-0.39, 0.29) is 36.1 Å². The maximum absolute atomic E-state index is 11.8. The van der Waals surface area contributed by atoms with Crippen LogP contribution < -0.4 is 10.6 Å². The molecule has 0 atom stereocenters. The largest absolute Gasteiger partial charge is 0.450 e. The van der Waals surface area contributed by atoms with Gasteiger partial charge in [0.15, 0.2) is 5.96 Å². The van der Waals surface area contributed by atoms with Gasteiger partial charge in [-0.05, 0) is 38.0 Å². The topological polar surface area (TPSA) is 83.8 Å². The number of rotatable bonds is 5.